The summed E-state index contributed by atoms with van der Waals surface area (Å²) in [6.07, 6.45) is 1.47. The molecule has 0 atom stereocenters. The Balaban J connectivity index is 3.13. The van der Waals surface area contributed by atoms with Crippen LogP contribution in [0.1, 0.15) is 6.42 Å². The second-order valence-electron chi connectivity index (χ2n) is 3.51. The summed E-state index contributed by atoms with van der Waals surface area (Å²) in [4.78, 5) is 0. The molecular weight excluding hydrogens is 330 g/mol. The van der Waals surface area contributed by atoms with Crippen molar-refractivity contribution in [2.75, 3.05) is 23.7 Å². The minimum Gasteiger partial charge on any atom is -0.396 e. The van der Waals surface area contributed by atoms with Crippen LogP contribution >= 0.6 is 27.5 Å². The van der Waals surface area contributed by atoms with Gasteiger partial charge in [-0.3, -0.25) is 4.31 Å². The summed E-state index contributed by atoms with van der Waals surface area (Å²) in [6.45, 7) is 0.136. The molecule has 1 aromatic carbocycles. The van der Waals surface area contributed by atoms with E-state index in [4.69, 9.17) is 16.7 Å². The minimum atomic E-state index is -3.40. The summed E-state index contributed by atoms with van der Waals surface area (Å²) < 4.78 is 25.3. The molecule has 0 saturated heterocycles. The first-order valence-electron chi connectivity index (χ1n) is 4.90. The summed E-state index contributed by atoms with van der Waals surface area (Å²) in [5.41, 5.74) is 0.422. The van der Waals surface area contributed by atoms with E-state index in [0.717, 1.165) is 10.7 Å². The molecule has 0 aliphatic heterocycles. The standard InChI is InChI=1S/C10H13BrClNO3S/c1-17(15,16)13(5-2-6-14)10-4-3-8(11)7-9(10)12/h3-4,7,14H,2,5-6H2,1H3. The molecule has 0 spiro atoms. The summed E-state index contributed by atoms with van der Waals surface area (Å²) in [5, 5.41) is 9.13. The van der Waals surface area contributed by atoms with E-state index in [1.54, 1.807) is 18.2 Å². The molecule has 0 fully saturated rings. The molecule has 17 heavy (non-hydrogen) atoms. The molecular formula is C10H13BrClNO3S. The van der Waals surface area contributed by atoms with Crippen LogP contribution in [0.15, 0.2) is 22.7 Å². The van der Waals surface area contributed by atoms with Crippen molar-refractivity contribution >= 4 is 43.2 Å². The highest BCUT2D eigenvalue weighted by molar-refractivity contribution is 9.10. The van der Waals surface area contributed by atoms with Gasteiger partial charge in [-0.05, 0) is 24.6 Å². The maximum atomic E-state index is 11.6. The molecule has 0 bridgehead atoms. The average molecular weight is 343 g/mol. The monoisotopic (exact) mass is 341 g/mol. The van der Waals surface area contributed by atoms with E-state index in [0.29, 0.717) is 17.1 Å². The summed E-state index contributed by atoms with van der Waals surface area (Å²) in [7, 11) is -3.40. The van der Waals surface area contributed by atoms with Gasteiger partial charge >= 0.3 is 0 Å². The number of hydrogen-bond donors (Lipinski definition) is 1. The van der Waals surface area contributed by atoms with Gasteiger partial charge in [-0.25, -0.2) is 8.42 Å². The van der Waals surface area contributed by atoms with Crippen LogP contribution in [0.2, 0.25) is 5.02 Å². The van der Waals surface area contributed by atoms with E-state index in [-0.39, 0.29) is 13.2 Å². The fourth-order valence-corrected chi connectivity index (χ4v) is 3.17. The highest BCUT2D eigenvalue weighted by atomic mass is 79.9. The molecule has 96 valence electrons. The second-order valence-corrected chi connectivity index (χ2v) is 6.74. The van der Waals surface area contributed by atoms with E-state index in [2.05, 4.69) is 15.9 Å². The second kappa shape index (κ2) is 6.04. The lowest BCUT2D eigenvalue weighted by atomic mass is 10.3. The molecule has 7 heteroatoms. The van der Waals surface area contributed by atoms with Gasteiger partial charge < -0.3 is 5.11 Å². The Labute approximate surface area is 114 Å². The smallest absolute Gasteiger partial charge is 0.232 e. The molecule has 1 N–H and O–H groups in total. The Kier molecular flexibility index (Phi) is 5.24. The van der Waals surface area contributed by atoms with Gasteiger partial charge in [-0.2, -0.15) is 0 Å². The van der Waals surface area contributed by atoms with Crippen molar-refractivity contribution in [1.82, 2.24) is 0 Å². The molecule has 0 amide bonds. The highest BCUT2D eigenvalue weighted by Gasteiger charge is 2.19. The number of sulfonamides is 1. The maximum Gasteiger partial charge on any atom is 0.232 e. The molecule has 0 unspecified atom stereocenters. The molecule has 0 aliphatic carbocycles. The van der Waals surface area contributed by atoms with Gasteiger partial charge in [0.15, 0.2) is 0 Å². The Morgan fingerprint density at radius 1 is 1.47 bits per heavy atom. The zero-order valence-electron chi connectivity index (χ0n) is 9.23. The Morgan fingerprint density at radius 3 is 2.59 bits per heavy atom. The predicted molar refractivity (Wildman–Crippen MR) is 73.0 cm³/mol. The fraction of sp³-hybridized carbons (Fsp3) is 0.400. The zero-order chi connectivity index (χ0) is 13.1. The van der Waals surface area contributed by atoms with Crippen LogP contribution in [0.5, 0.6) is 0 Å². The quantitative estimate of drug-likeness (QED) is 0.893. The maximum absolute atomic E-state index is 11.6. The lowest BCUT2D eigenvalue weighted by molar-refractivity contribution is 0.291. The number of benzene rings is 1. The van der Waals surface area contributed by atoms with Crippen LogP contribution in [0, 0.1) is 0 Å². The Bertz CT molecular complexity index is 492. The Morgan fingerprint density at radius 2 is 2.12 bits per heavy atom. The number of aliphatic hydroxyl groups is 1. The van der Waals surface area contributed by atoms with Gasteiger partial charge in [-0.15, -0.1) is 0 Å². The van der Waals surface area contributed by atoms with Gasteiger partial charge in [-0.1, -0.05) is 27.5 Å². The molecule has 1 aromatic rings. The molecule has 0 radical (unpaired) electrons. The number of nitrogens with zero attached hydrogens (tertiary/aromatic N) is 1. The van der Waals surface area contributed by atoms with E-state index < -0.39 is 10.0 Å². The van der Waals surface area contributed by atoms with Crippen LogP contribution in [0.4, 0.5) is 5.69 Å². The van der Waals surface area contributed by atoms with E-state index >= 15 is 0 Å². The van der Waals surface area contributed by atoms with Crippen molar-refractivity contribution in [3.8, 4) is 0 Å². The van der Waals surface area contributed by atoms with Crippen LogP contribution in [0.25, 0.3) is 0 Å². The summed E-state index contributed by atoms with van der Waals surface area (Å²) >= 11 is 9.27. The SMILES string of the molecule is CS(=O)(=O)N(CCCO)c1ccc(Br)cc1Cl. The zero-order valence-corrected chi connectivity index (χ0v) is 12.4. The van der Waals surface area contributed by atoms with Gasteiger partial charge in [0.2, 0.25) is 10.0 Å². The first-order chi connectivity index (χ1) is 7.86. The van der Waals surface area contributed by atoms with Crippen LogP contribution in [0.3, 0.4) is 0 Å². The van der Waals surface area contributed by atoms with Crippen molar-refractivity contribution in [2.24, 2.45) is 0 Å². The summed E-state index contributed by atoms with van der Waals surface area (Å²) in [5.74, 6) is 0. The number of anilines is 1. The molecule has 0 heterocycles. The third-order valence-electron chi connectivity index (χ3n) is 2.10. The number of hydrogen-bond acceptors (Lipinski definition) is 3. The van der Waals surface area contributed by atoms with Crippen molar-refractivity contribution in [3.63, 3.8) is 0 Å². The van der Waals surface area contributed by atoms with Crippen molar-refractivity contribution in [1.29, 1.82) is 0 Å². The topological polar surface area (TPSA) is 57.6 Å². The average Bonchev–Trinajstić information content (AvgIpc) is 2.19. The van der Waals surface area contributed by atoms with E-state index in [1.165, 1.54) is 4.31 Å². The van der Waals surface area contributed by atoms with Gasteiger partial charge in [0.1, 0.15) is 0 Å². The van der Waals surface area contributed by atoms with Crippen LogP contribution in [-0.2, 0) is 10.0 Å². The lowest BCUT2D eigenvalue weighted by Gasteiger charge is -2.23. The molecule has 0 saturated carbocycles. The normalized spacial score (nSPS) is 11.5. The minimum absolute atomic E-state index is 0.0693. The van der Waals surface area contributed by atoms with E-state index in [9.17, 15) is 8.42 Å². The van der Waals surface area contributed by atoms with Gasteiger partial charge in [0.05, 0.1) is 17.0 Å². The largest absolute Gasteiger partial charge is 0.396 e. The van der Waals surface area contributed by atoms with Crippen molar-refractivity contribution in [2.45, 2.75) is 6.42 Å². The molecule has 0 aliphatic rings. The Hall–Kier alpha value is -0.300. The molecule has 1 rings (SSSR count). The van der Waals surface area contributed by atoms with Crippen molar-refractivity contribution in [3.05, 3.63) is 27.7 Å². The van der Waals surface area contributed by atoms with Crippen LogP contribution in [-0.4, -0.2) is 32.9 Å². The third-order valence-corrected chi connectivity index (χ3v) is 4.07. The number of aliphatic hydroxyl groups excluding tert-OH is 1. The van der Waals surface area contributed by atoms with Gasteiger partial charge in [0, 0.05) is 17.6 Å². The molecule has 0 aromatic heterocycles. The number of halogens is 2. The summed E-state index contributed by atoms with van der Waals surface area (Å²) in [6, 6.07) is 4.98. The van der Waals surface area contributed by atoms with Crippen molar-refractivity contribution < 1.29 is 13.5 Å². The predicted octanol–water partition coefficient (Wildman–Crippen LogP) is 2.25. The molecule has 4 nitrogen and oxygen atoms in total. The first kappa shape index (κ1) is 14.8. The third kappa shape index (κ3) is 4.13. The van der Waals surface area contributed by atoms with E-state index in [1.807, 2.05) is 0 Å². The first-order valence-corrected chi connectivity index (χ1v) is 7.92. The lowest BCUT2D eigenvalue weighted by Crippen LogP contribution is -2.31. The van der Waals surface area contributed by atoms with Gasteiger partial charge in [0.25, 0.3) is 0 Å². The number of rotatable bonds is 5. The fourth-order valence-electron chi connectivity index (χ4n) is 1.36. The van der Waals surface area contributed by atoms with Crippen LogP contribution < -0.4 is 4.31 Å². The highest BCUT2D eigenvalue weighted by Crippen LogP contribution is 2.30.